The van der Waals surface area contributed by atoms with Crippen molar-refractivity contribution in [1.29, 1.82) is 5.26 Å². The lowest BCUT2D eigenvalue weighted by atomic mass is 10.2. The Hall–Kier alpha value is -3.00. The first kappa shape index (κ1) is 14.4. The van der Waals surface area contributed by atoms with Crippen LogP contribution in [0.2, 0.25) is 0 Å². The summed E-state index contributed by atoms with van der Waals surface area (Å²) in [6, 6.07) is 15.8. The molecule has 1 N–H and O–H groups in total. The van der Waals surface area contributed by atoms with Crippen molar-refractivity contribution in [2.75, 3.05) is 19.0 Å². The molecule has 106 valence electrons. The zero-order valence-corrected chi connectivity index (χ0v) is 11.5. The molecule has 0 atom stereocenters. The maximum absolute atomic E-state index is 11.8. The third kappa shape index (κ3) is 3.98. The van der Waals surface area contributed by atoms with Crippen LogP contribution in [-0.4, -0.2) is 19.6 Å². The summed E-state index contributed by atoms with van der Waals surface area (Å²) in [6.45, 7) is -0.171. The number of para-hydroxylation sites is 1. The van der Waals surface area contributed by atoms with E-state index in [9.17, 15) is 4.79 Å². The van der Waals surface area contributed by atoms with Gasteiger partial charge in [-0.15, -0.1) is 0 Å². The average molecular weight is 282 g/mol. The second-order valence-electron chi connectivity index (χ2n) is 4.18. The van der Waals surface area contributed by atoms with E-state index < -0.39 is 0 Å². The van der Waals surface area contributed by atoms with Gasteiger partial charge in [-0.2, -0.15) is 5.26 Å². The van der Waals surface area contributed by atoms with Crippen LogP contribution in [0.15, 0.2) is 48.5 Å². The third-order valence-electron chi connectivity index (χ3n) is 2.72. The van der Waals surface area contributed by atoms with E-state index in [0.717, 1.165) is 0 Å². The number of methoxy groups -OCH3 is 1. The molecule has 0 aliphatic heterocycles. The smallest absolute Gasteiger partial charge is 0.262 e. The Kier molecular flexibility index (Phi) is 4.78. The van der Waals surface area contributed by atoms with Crippen LogP contribution in [0.3, 0.4) is 0 Å². The summed E-state index contributed by atoms with van der Waals surface area (Å²) in [5.74, 6) is 0.736. The number of ether oxygens (including phenoxy) is 2. The highest BCUT2D eigenvalue weighted by atomic mass is 16.5. The van der Waals surface area contributed by atoms with Crippen LogP contribution in [-0.2, 0) is 4.79 Å². The minimum Gasteiger partial charge on any atom is -0.497 e. The Balaban J connectivity index is 1.94. The quantitative estimate of drug-likeness (QED) is 0.915. The standard InChI is InChI=1S/C16H14N2O3/c1-20-14-7-4-6-13(9-14)18-16(19)11-21-15-8-3-2-5-12(15)10-17/h2-9H,11H2,1H3,(H,18,19). The number of hydrogen-bond donors (Lipinski definition) is 1. The van der Waals surface area contributed by atoms with Crippen molar-refractivity contribution in [2.24, 2.45) is 0 Å². The van der Waals surface area contributed by atoms with Gasteiger partial charge in [-0.05, 0) is 24.3 Å². The zero-order chi connectivity index (χ0) is 15.1. The minimum absolute atomic E-state index is 0.171. The van der Waals surface area contributed by atoms with E-state index >= 15 is 0 Å². The Morgan fingerprint density at radius 2 is 2.05 bits per heavy atom. The number of carbonyl (C=O) groups is 1. The third-order valence-corrected chi connectivity index (χ3v) is 2.72. The Morgan fingerprint density at radius 1 is 1.24 bits per heavy atom. The van der Waals surface area contributed by atoms with E-state index in [1.807, 2.05) is 6.07 Å². The van der Waals surface area contributed by atoms with E-state index in [0.29, 0.717) is 22.7 Å². The van der Waals surface area contributed by atoms with Gasteiger partial charge in [-0.3, -0.25) is 4.79 Å². The van der Waals surface area contributed by atoms with Crippen molar-refractivity contribution in [2.45, 2.75) is 0 Å². The van der Waals surface area contributed by atoms with Crippen molar-refractivity contribution in [3.8, 4) is 17.6 Å². The van der Waals surface area contributed by atoms with Gasteiger partial charge >= 0.3 is 0 Å². The average Bonchev–Trinajstić information content (AvgIpc) is 2.53. The molecule has 0 bridgehead atoms. The van der Waals surface area contributed by atoms with Crippen LogP contribution >= 0.6 is 0 Å². The topological polar surface area (TPSA) is 71.3 Å². The maximum atomic E-state index is 11.8. The largest absolute Gasteiger partial charge is 0.497 e. The first-order valence-electron chi connectivity index (χ1n) is 6.29. The number of amides is 1. The van der Waals surface area contributed by atoms with Crippen LogP contribution in [0.1, 0.15) is 5.56 Å². The van der Waals surface area contributed by atoms with E-state index in [2.05, 4.69) is 5.32 Å². The number of rotatable bonds is 5. The fourth-order valence-corrected chi connectivity index (χ4v) is 1.73. The number of nitrogens with one attached hydrogen (secondary N) is 1. The van der Waals surface area contributed by atoms with Crippen LogP contribution in [0.4, 0.5) is 5.69 Å². The number of anilines is 1. The Labute approximate surface area is 122 Å². The van der Waals surface area contributed by atoms with Crippen molar-refractivity contribution in [3.63, 3.8) is 0 Å². The van der Waals surface area contributed by atoms with Gasteiger partial charge in [0.15, 0.2) is 6.61 Å². The van der Waals surface area contributed by atoms with Gasteiger partial charge in [-0.1, -0.05) is 18.2 Å². The molecule has 0 spiro atoms. The van der Waals surface area contributed by atoms with E-state index in [1.54, 1.807) is 55.6 Å². The zero-order valence-electron chi connectivity index (χ0n) is 11.5. The van der Waals surface area contributed by atoms with Crippen molar-refractivity contribution in [1.82, 2.24) is 0 Å². The van der Waals surface area contributed by atoms with Gasteiger partial charge in [0.05, 0.1) is 12.7 Å². The van der Waals surface area contributed by atoms with Crippen molar-refractivity contribution in [3.05, 3.63) is 54.1 Å². The lowest BCUT2D eigenvalue weighted by Crippen LogP contribution is -2.20. The van der Waals surface area contributed by atoms with Crippen molar-refractivity contribution < 1.29 is 14.3 Å². The fourth-order valence-electron chi connectivity index (χ4n) is 1.73. The number of carbonyl (C=O) groups excluding carboxylic acids is 1. The highest BCUT2D eigenvalue weighted by Gasteiger charge is 2.07. The molecule has 1 amide bonds. The molecule has 0 aromatic heterocycles. The summed E-state index contributed by atoms with van der Waals surface area (Å²) in [5, 5.41) is 11.6. The predicted molar refractivity (Wildman–Crippen MR) is 78.3 cm³/mol. The first-order valence-corrected chi connectivity index (χ1v) is 6.29. The molecule has 0 aliphatic carbocycles. The molecule has 0 unspecified atom stereocenters. The maximum Gasteiger partial charge on any atom is 0.262 e. The van der Waals surface area contributed by atoms with Gasteiger partial charge in [0.2, 0.25) is 0 Å². The number of benzene rings is 2. The number of hydrogen-bond acceptors (Lipinski definition) is 4. The molecule has 0 aliphatic rings. The predicted octanol–water partition coefficient (Wildman–Crippen LogP) is 2.58. The molecule has 2 aromatic rings. The van der Waals surface area contributed by atoms with E-state index in [4.69, 9.17) is 14.7 Å². The van der Waals surface area contributed by atoms with Gasteiger partial charge in [-0.25, -0.2) is 0 Å². The number of nitrogens with zero attached hydrogens (tertiary/aromatic N) is 1. The molecule has 0 fully saturated rings. The van der Waals surface area contributed by atoms with Crippen LogP contribution in [0, 0.1) is 11.3 Å². The summed E-state index contributed by atoms with van der Waals surface area (Å²) in [6.07, 6.45) is 0. The molecule has 2 aromatic carbocycles. The van der Waals surface area contributed by atoms with Gasteiger partial charge in [0, 0.05) is 11.8 Å². The molecule has 0 radical (unpaired) electrons. The monoisotopic (exact) mass is 282 g/mol. The molecule has 0 saturated carbocycles. The SMILES string of the molecule is COc1cccc(NC(=O)COc2ccccc2C#N)c1. The fraction of sp³-hybridized carbons (Fsp3) is 0.125. The van der Waals surface area contributed by atoms with Gasteiger partial charge in [0.25, 0.3) is 5.91 Å². The Morgan fingerprint density at radius 3 is 2.81 bits per heavy atom. The molecule has 5 heteroatoms. The molecule has 5 nitrogen and oxygen atoms in total. The molecular formula is C16H14N2O3. The van der Waals surface area contributed by atoms with Crippen LogP contribution in [0.25, 0.3) is 0 Å². The molecule has 21 heavy (non-hydrogen) atoms. The van der Waals surface area contributed by atoms with Gasteiger partial charge < -0.3 is 14.8 Å². The second kappa shape index (κ2) is 6.96. The molecule has 0 heterocycles. The summed E-state index contributed by atoms with van der Waals surface area (Å²) >= 11 is 0. The van der Waals surface area contributed by atoms with Crippen molar-refractivity contribution >= 4 is 11.6 Å². The van der Waals surface area contributed by atoms with Gasteiger partial charge in [0.1, 0.15) is 17.6 Å². The summed E-state index contributed by atoms with van der Waals surface area (Å²) < 4.78 is 10.4. The summed E-state index contributed by atoms with van der Waals surface area (Å²) in [4.78, 5) is 11.8. The summed E-state index contributed by atoms with van der Waals surface area (Å²) in [7, 11) is 1.56. The Bertz CT molecular complexity index is 677. The molecule has 2 rings (SSSR count). The van der Waals surface area contributed by atoms with E-state index in [-0.39, 0.29) is 12.5 Å². The van der Waals surface area contributed by atoms with Crippen LogP contribution in [0.5, 0.6) is 11.5 Å². The second-order valence-corrected chi connectivity index (χ2v) is 4.18. The van der Waals surface area contributed by atoms with E-state index in [1.165, 1.54) is 0 Å². The highest BCUT2D eigenvalue weighted by molar-refractivity contribution is 5.92. The summed E-state index contributed by atoms with van der Waals surface area (Å²) in [5.41, 5.74) is 1.02. The van der Waals surface area contributed by atoms with Crippen LogP contribution < -0.4 is 14.8 Å². The highest BCUT2D eigenvalue weighted by Crippen LogP contribution is 2.18. The first-order chi connectivity index (χ1) is 10.2. The minimum atomic E-state index is -0.309. The lowest BCUT2D eigenvalue weighted by molar-refractivity contribution is -0.118. The molecule has 0 saturated heterocycles. The molecular weight excluding hydrogens is 268 g/mol. The normalized spacial score (nSPS) is 9.52. The lowest BCUT2D eigenvalue weighted by Gasteiger charge is -2.09. The number of nitriles is 1.